The maximum atomic E-state index is 13.0. The summed E-state index contributed by atoms with van der Waals surface area (Å²) in [6.45, 7) is 1.31. The fraction of sp³-hybridized carbons (Fsp3) is 0.238. The van der Waals surface area contributed by atoms with Crippen molar-refractivity contribution in [2.45, 2.75) is 19.3 Å². The zero-order valence-electron chi connectivity index (χ0n) is 15.4. The van der Waals surface area contributed by atoms with Crippen LogP contribution in [0.4, 0.5) is 4.39 Å². The molecule has 0 fully saturated rings. The lowest BCUT2D eigenvalue weighted by molar-refractivity contribution is 0.00327. The van der Waals surface area contributed by atoms with E-state index >= 15 is 0 Å². The van der Waals surface area contributed by atoms with Crippen LogP contribution in [0.3, 0.4) is 0 Å². The van der Waals surface area contributed by atoms with Crippen molar-refractivity contribution < 1.29 is 18.7 Å². The molecule has 1 amide bonds. The zero-order chi connectivity index (χ0) is 19.5. The summed E-state index contributed by atoms with van der Waals surface area (Å²) in [7, 11) is 1.64. The topological polar surface area (TPSA) is 65.4 Å². The van der Waals surface area contributed by atoms with E-state index in [2.05, 4.69) is 10.3 Å². The molecule has 4 rings (SSSR count). The lowest BCUT2D eigenvalue weighted by Gasteiger charge is -2.24. The predicted octanol–water partition coefficient (Wildman–Crippen LogP) is 3.03. The maximum absolute atomic E-state index is 13.0. The summed E-state index contributed by atoms with van der Waals surface area (Å²) in [4.78, 5) is 16.8. The summed E-state index contributed by atoms with van der Waals surface area (Å²) in [6.07, 6.45) is 1.81. The second-order valence-corrected chi connectivity index (χ2v) is 6.54. The highest BCUT2D eigenvalue weighted by Gasteiger charge is 2.22. The molecule has 0 aliphatic carbocycles. The van der Waals surface area contributed by atoms with Crippen LogP contribution in [0.1, 0.15) is 16.2 Å². The lowest BCUT2D eigenvalue weighted by Crippen LogP contribution is -2.38. The molecule has 0 spiro atoms. The molecule has 7 heteroatoms. The van der Waals surface area contributed by atoms with Gasteiger partial charge in [0.15, 0.2) is 0 Å². The molecule has 0 radical (unpaired) electrons. The number of halogens is 1. The molecule has 0 unspecified atom stereocenters. The highest BCUT2D eigenvalue weighted by molar-refractivity contribution is 5.94. The molecule has 6 nitrogen and oxygen atoms in total. The normalized spacial score (nSPS) is 15.7. The van der Waals surface area contributed by atoms with E-state index in [0.29, 0.717) is 25.3 Å². The van der Waals surface area contributed by atoms with Gasteiger partial charge in [-0.1, -0.05) is 12.1 Å². The van der Waals surface area contributed by atoms with Crippen molar-refractivity contribution >= 4 is 5.91 Å². The van der Waals surface area contributed by atoms with Gasteiger partial charge in [-0.25, -0.2) is 9.37 Å². The highest BCUT2D eigenvalue weighted by Crippen LogP contribution is 2.30. The van der Waals surface area contributed by atoms with Gasteiger partial charge in [-0.2, -0.15) is 0 Å². The van der Waals surface area contributed by atoms with Crippen LogP contribution in [0.25, 0.3) is 11.3 Å². The van der Waals surface area contributed by atoms with Crippen LogP contribution in [0.5, 0.6) is 5.75 Å². The van der Waals surface area contributed by atoms with E-state index in [1.54, 1.807) is 7.11 Å². The Bertz CT molecular complexity index is 985. The summed E-state index contributed by atoms with van der Waals surface area (Å²) in [5.74, 6) is 0.976. The Morgan fingerprint density at radius 1 is 1.29 bits per heavy atom. The lowest BCUT2D eigenvalue weighted by atomic mass is 10.1. The first-order valence-electron chi connectivity index (χ1n) is 8.99. The molecule has 2 heterocycles. The number of benzene rings is 2. The van der Waals surface area contributed by atoms with Crippen molar-refractivity contribution in [1.29, 1.82) is 0 Å². The van der Waals surface area contributed by atoms with Crippen LogP contribution in [0.2, 0.25) is 0 Å². The molecule has 1 atom stereocenters. The Kier molecular flexibility index (Phi) is 5.08. The number of imidazole rings is 1. The second kappa shape index (κ2) is 7.82. The maximum Gasteiger partial charge on any atom is 0.251 e. The first kappa shape index (κ1) is 18.2. The number of fused-ring (bicyclic) bond motifs is 1. The average molecular weight is 381 g/mol. The number of amides is 1. The number of hydrogen-bond donors (Lipinski definition) is 1. The number of nitrogens with one attached hydrogen (secondary N) is 1. The van der Waals surface area contributed by atoms with Gasteiger partial charge in [0, 0.05) is 23.9 Å². The first-order valence-corrected chi connectivity index (χ1v) is 8.99. The number of ether oxygens (including phenoxy) is 2. The summed E-state index contributed by atoms with van der Waals surface area (Å²) in [5, 5.41) is 2.84. The molecule has 1 aliphatic rings. The van der Waals surface area contributed by atoms with Crippen LogP contribution >= 0.6 is 0 Å². The van der Waals surface area contributed by atoms with E-state index in [-0.39, 0.29) is 17.8 Å². The van der Waals surface area contributed by atoms with Crippen LogP contribution in [0.15, 0.2) is 54.7 Å². The number of para-hydroxylation sites is 1. The number of carbonyl (C=O) groups excluding carboxylic acids is 1. The summed E-state index contributed by atoms with van der Waals surface area (Å²) < 4.78 is 26.3. The Morgan fingerprint density at radius 2 is 2.07 bits per heavy atom. The van der Waals surface area contributed by atoms with Gasteiger partial charge in [0.1, 0.15) is 24.0 Å². The van der Waals surface area contributed by atoms with E-state index in [1.165, 1.54) is 24.3 Å². The molecule has 3 aromatic rings. The van der Waals surface area contributed by atoms with E-state index in [4.69, 9.17) is 9.47 Å². The number of methoxy groups -OCH3 is 1. The van der Waals surface area contributed by atoms with Crippen LogP contribution in [-0.4, -0.2) is 35.2 Å². The SMILES string of the molecule is COc1ccccc1-c1cn2c(n1)CO[C@@H](CNC(=O)c1ccc(F)cc1)C2. The summed E-state index contributed by atoms with van der Waals surface area (Å²) in [6, 6.07) is 13.2. The number of carbonyl (C=O) groups is 1. The minimum Gasteiger partial charge on any atom is -0.496 e. The van der Waals surface area contributed by atoms with Crippen molar-refractivity contribution in [3.63, 3.8) is 0 Å². The van der Waals surface area contributed by atoms with Gasteiger partial charge in [-0.3, -0.25) is 4.79 Å². The van der Waals surface area contributed by atoms with Crippen molar-refractivity contribution in [2.75, 3.05) is 13.7 Å². The van der Waals surface area contributed by atoms with Crippen molar-refractivity contribution in [1.82, 2.24) is 14.9 Å². The Hall–Kier alpha value is -3.19. The molecule has 2 aromatic carbocycles. The Labute approximate surface area is 161 Å². The molecule has 1 aliphatic heterocycles. The van der Waals surface area contributed by atoms with Crippen molar-refractivity contribution in [2.24, 2.45) is 0 Å². The van der Waals surface area contributed by atoms with E-state index in [1.807, 2.05) is 35.0 Å². The van der Waals surface area contributed by atoms with Crippen molar-refractivity contribution in [3.05, 3.63) is 71.9 Å². The first-order chi connectivity index (χ1) is 13.6. The van der Waals surface area contributed by atoms with Gasteiger partial charge in [0.2, 0.25) is 0 Å². The third kappa shape index (κ3) is 3.75. The number of hydrogen-bond acceptors (Lipinski definition) is 4. The Balaban J connectivity index is 1.42. The minimum absolute atomic E-state index is 0.170. The molecular formula is C21H20FN3O3. The molecule has 0 saturated carbocycles. The smallest absolute Gasteiger partial charge is 0.251 e. The number of rotatable bonds is 5. The number of aromatic nitrogens is 2. The van der Waals surface area contributed by atoms with E-state index < -0.39 is 0 Å². The van der Waals surface area contributed by atoms with Gasteiger partial charge in [-0.05, 0) is 36.4 Å². The van der Waals surface area contributed by atoms with Gasteiger partial charge >= 0.3 is 0 Å². The Morgan fingerprint density at radius 3 is 2.86 bits per heavy atom. The van der Waals surface area contributed by atoms with Crippen LogP contribution < -0.4 is 10.1 Å². The summed E-state index contributed by atoms with van der Waals surface area (Å²) in [5.41, 5.74) is 2.17. The van der Waals surface area contributed by atoms with Gasteiger partial charge in [-0.15, -0.1) is 0 Å². The molecular weight excluding hydrogens is 361 g/mol. The minimum atomic E-state index is -0.370. The average Bonchev–Trinajstić information content (AvgIpc) is 3.15. The van der Waals surface area contributed by atoms with E-state index in [9.17, 15) is 9.18 Å². The third-order valence-corrected chi connectivity index (χ3v) is 4.69. The highest BCUT2D eigenvalue weighted by atomic mass is 19.1. The zero-order valence-corrected chi connectivity index (χ0v) is 15.4. The molecule has 0 saturated heterocycles. The van der Waals surface area contributed by atoms with Gasteiger partial charge in [0.05, 0.1) is 25.5 Å². The fourth-order valence-corrected chi connectivity index (χ4v) is 3.21. The molecule has 144 valence electrons. The molecule has 1 aromatic heterocycles. The quantitative estimate of drug-likeness (QED) is 0.738. The fourth-order valence-electron chi connectivity index (χ4n) is 3.21. The molecule has 28 heavy (non-hydrogen) atoms. The second-order valence-electron chi connectivity index (χ2n) is 6.54. The standard InChI is InChI=1S/C21H20FN3O3/c1-27-19-5-3-2-4-17(19)18-12-25-11-16(28-13-20(25)24-18)10-23-21(26)14-6-8-15(22)9-7-14/h2-9,12,16H,10-11,13H2,1H3,(H,23,26)/t16-/m0/s1. The van der Waals surface area contributed by atoms with Crippen LogP contribution in [0, 0.1) is 5.82 Å². The van der Waals surface area contributed by atoms with E-state index in [0.717, 1.165) is 22.8 Å². The van der Waals surface area contributed by atoms with Gasteiger partial charge in [0.25, 0.3) is 5.91 Å². The van der Waals surface area contributed by atoms with Crippen molar-refractivity contribution in [3.8, 4) is 17.0 Å². The van der Waals surface area contributed by atoms with Crippen LogP contribution in [-0.2, 0) is 17.9 Å². The monoisotopic (exact) mass is 381 g/mol. The summed E-state index contributed by atoms with van der Waals surface area (Å²) >= 11 is 0. The molecule has 1 N–H and O–H groups in total. The van der Waals surface area contributed by atoms with Gasteiger partial charge < -0.3 is 19.4 Å². The predicted molar refractivity (Wildman–Crippen MR) is 102 cm³/mol. The largest absolute Gasteiger partial charge is 0.496 e. The third-order valence-electron chi connectivity index (χ3n) is 4.69. The number of nitrogens with zero attached hydrogens (tertiary/aromatic N) is 2. The molecule has 0 bridgehead atoms.